The van der Waals surface area contributed by atoms with Crippen LogP contribution < -0.4 is 0 Å². The highest BCUT2D eigenvalue weighted by Gasteiger charge is 2.20. The van der Waals surface area contributed by atoms with Crippen molar-refractivity contribution in [2.45, 2.75) is 13.2 Å². The molecule has 1 atom stereocenters. The Morgan fingerprint density at radius 1 is 1.40 bits per heavy atom. The first-order valence-corrected chi connectivity index (χ1v) is 7.02. The molecule has 0 aliphatic rings. The van der Waals surface area contributed by atoms with Crippen LogP contribution in [0.25, 0.3) is 10.4 Å². The molecule has 0 fully saturated rings. The summed E-state index contributed by atoms with van der Waals surface area (Å²) < 4.78 is 10.6. The van der Waals surface area contributed by atoms with Gasteiger partial charge in [0.2, 0.25) is 0 Å². The van der Waals surface area contributed by atoms with Gasteiger partial charge in [0.25, 0.3) is 5.69 Å². The van der Waals surface area contributed by atoms with Crippen LogP contribution in [0.4, 0.5) is 5.69 Å². The number of thiophene rings is 1. The summed E-state index contributed by atoms with van der Waals surface area (Å²) in [5, 5.41) is 13.2. The summed E-state index contributed by atoms with van der Waals surface area (Å²) >= 11 is 1.47. The van der Waals surface area contributed by atoms with E-state index in [0.29, 0.717) is 17.7 Å². The van der Waals surface area contributed by atoms with Crippen molar-refractivity contribution in [2.24, 2.45) is 0 Å². The zero-order valence-corrected chi connectivity index (χ0v) is 12.1. The molecular formula is C14H15NO4S. The SMILES string of the molecule is CCOC(OC)c1ccc(-c2cccs2)c([N+](=O)[O-])c1. The minimum atomic E-state index is -0.587. The number of nitro groups is 1. The van der Waals surface area contributed by atoms with Gasteiger partial charge in [0.15, 0.2) is 6.29 Å². The summed E-state index contributed by atoms with van der Waals surface area (Å²) in [4.78, 5) is 11.8. The number of nitrogens with zero attached hydrogens (tertiary/aromatic N) is 1. The molecule has 0 spiro atoms. The van der Waals surface area contributed by atoms with Crippen LogP contribution in [0.3, 0.4) is 0 Å². The molecule has 0 amide bonds. The average Bonchev–Trinajstić information content (AvgIpc) is 2.98. The number of methoxy groups -OCH3 is 1. The third-order valence-corrected chi connectivity index (χ3v) is 3.71. The van der Waals surface area contributed by atoms with E-state index < -0.39 is 6.29 Å². The Kier molecular flexibility index (Phi) is 4.84. The molecule has 1 aromatic carbocycles. The molecule has 1 heterocycles. The van der Waals surface area contributed by atoms with Gasteiger partial charge in [-0.1, -0.05) is 12.1 Å². The first-order valence-electron chi connectivity index (χ1n) is 6.14. The molecule has 2 aromatic rings. The second-order valence-electron chi connectivity index (χ2n) is 4.03. The smallest absolute Gasteiger partial charge is 0.278 e. The Morgan fingerprint density at radius 2 is 2.20 bits per heavy atom. The topological polar surface area (TPSA) is 61.6 Å². The van der Waals surface area contributed by atoms with E-state index in [9.17, 15) is 10.1 Å². The summed E-state index contributed by atoms with van der Waals surface area (Å²) in [5.74, 6) is 0. The minimum Gasteiger partial charge on any atom is -0.352 e. The van der Waals surface area contributed by atoms with Gasteiger partial charge in [-0.15, -0.1) is 11.3 Å². The van der Waals surface area contributed by atoms with Crippen molar-refractivity contribution in [1.82, 2.24) is 0 Å². The predicted molar refractivity (Wildman–Crippen MR) is 77.8 cm³/mol. The van der Waals surface area contributed by atoms with Crippen LogP contribution in [-0.4, -0.2) is 18.6 Å². The monoisotopic (exact) mass is 293 g/mol. The molecule has 5 nitrogen and oxygen atoms in total. The van der Waals surface area contributed by atoms with Crippen LogP contribution in [-0.2, 0) is 9.47 Å². The highest BCUT2D eigenvalue weighted by Crippen LogP contribution is 2.35. The standard InChI is InChI=1S/C14H15NO4S/c1-3-19-14(18-2)10-6-7-11(12(9-10)15(16)17)13-5-4-8-20-13/h4-9,14H,3H2,1-2H3. The van der Waals surface area contributed by atoms with Gasteiger partial charge in [-0.05, 0) is 24.4 Å². The van der Waals surface area contributed by atoms with E-state index in [1.807, 2.05) is 24.4 Å². The van der Waals surface area contributed by atoms with Gasteiger partial charge in [-0.3, -0.25) is 10.1 Å². The summed E-state index contributed by atoms with van der Waals surface area (Å²) in [6.45, 7) is 2.32. The average molecular weight is 293 g/mol. The van der Waals surface area contributed by atoms with Gasteiger partial charge >= 0.3 is 0 Å². The van der Waals surface area contributed by atoms with Gasteiger partial charge in [-0.25, -0.2) is 0 Å². The number of rotatable bonds is 6. The van der Waals surface area contributed by atoms with Crippen LogP contribution >= 0.6 is 11.3 Å². The molecular weight excluding hydrogens is 278 g/mol. The van der Waals surface area contributed by atoms with Crippen LogP contribution in [0.5, 0.6) is 0 Å². The van der Waals surface area contributed by atoms with E-state index in [4.69, 9.17) is 9.47 Å². The second-order valence-corrected chi connectivity index (χ2v) is 4.98. The molecule has 0 saturated heterocycles. The van der Waals surface area contributed by atoms with Crippen molar-refractivity contribution in [1.29, 1.82) is 0 Å². The summed E-state index contributed by atoms with van der Waals surface area (Å²) in [6, 6.07) is 8.79. The van der Waals surface area contributed by atoms with Gasteiger partial charge in [-0.2, -0.15) is 0 Å². The number of hydrogen-bond acceptors (Lipinski definition) is 5. The molecule has 0 aliphatic carbocycles. The highest BCUT2D eigenvalue weighted by molar-refractivity contribution is 7.13. The molecule has 0 aliphatic heterocycles. The highest BCUT2D eigenvalue weighted by atomic mass is 32.1. The number of ether oxygens (including phenoxy) is 2. The van der Waals surface area contributed by atoms with E-state index in [-0.39, 0.29) is 10.6 Å². The predicted octanol–water partition coefficient (Wildman–Crippen LogP) is 4.00. The Bertz CT molecular complexity index is 583. The number of hydrogen-bond donors (Lipinski definition) is 0. The van der Waals surface area contributed by atoms with E-state index >= 15 is 0 Å². The fourth-order valence-electron chi connectivity index (χ4n) is 1.94. The fraction of sp³-hybridized carbons (Fsp3) is 0.286. The number of benzene rings is 1. The summed E-state index contributed by atoms with van der Waals surface area (Å²) in [7, 11) is 1.51. The zero-order chi connectivity index (χ0) is 14.5. The van der Waals surface area contributed by atoms with Crippen molar-refractivity contribution < 1.29 is 14.4 Å². The molecule has 1 aromatic heterocycles. The van der Waals surface area contributed by atoms with Crippen molar-refractivity contribution in [3.05, 3.63) is 51.4 Å². The lowest BCUT2D eigenvalue weighted by Crippen LogP contribution is -2.07. The first-order chi connectivity index (χ1) is 9.67. The van der Waals surface area contributed by atoms with E-state index in [0.717, 1.165) is 4.88 Å². The summed E-state index contributed by atoms with van der Waals surface area (Å²) in [6.07, 6.45) is -0.587. The van der Waals surface area contributed by atoms with Crippen LogP contribution in [0.2, 0.25) is 0 Å². The Balaban J connectivity index is 2.45. The molecule has 0 saturated carbocycles. The van der Waals surface area contributed by atoms with Gasteiger partial charge in [0.1, 0.15) is 0 Å². The fourth-order valence-corrected chi connectivity index (χ4v) is 2.70. The maximum atomic E-state index is 11.3. The van der Waals surface area contributed by atoms with Gasteiger partial charge < -0.3 is 9.47 Å². The summed E-state index contributed by atoms with van der Waals surface area (Å²) in [5.41, 5.74) is 1.31. The lowest BCUT2D eigenvalue weighted by molar-refractivity contribution is -0.384. The third kappa shape index (κ3) is 3.04. The normalized spacial score (nSPS) is 12.3. The quantitative estimate of drug-likeness (QED) is 0.459. The second kappa shape index (κ2) is 6.60. The van der Waals surface area contributed by atoms with Crippen LogP contribution in [0.1, 0.15) is 18.8 Å². The minimum absolute atomic E-state index is 0.0618. The maximum absolute atomic E-state index is 11.3. The molecule has 1 unspecified atom stereocenters. The van der Waals surface area contributed by atoms with Crippen molar-refractivity contribution in [3.8, 4) is 10.4 Å². The molecule has 2 rings (SSSR count). The maximum Gasteiger partial charge on any atom is 0.278 e. The molecule has 6 heteroatoms. The van der Waals surface area contributed by atoms with E-state index in [1.165, 1.54) is 24.5 Å². The van der Waals surface area contributed by atoms with E-state index in [1.54, 1.807) is 12.1 Å². The van der Waals surface area contributed by atoms with Crippen LogP contribution in [0, 0.1) is 10.1 Å². The molecule has 0 N–H and O–H groups in total. The lowest BCUT2D eigenvalue weighted by atomic mass is 10.1. The Hall–Kier alpha value is -1.76. The Labute approximate surface area is 120 Å². The molecule has 0 radical (unpaired) electrons. The van der Waals surface area contributed by atoms with E-state index in [2.05, 4.69) is 0 Å². The largest absolute Gasteiger partial charge is 0.352 e. The molecule has 106 valence electrons. The van der Waals surface area contributed by atoms with Crippen LogP contribution in [0.15, 0.2) is 35.7 Å². The van der Waals surface area contributed by atoms with Crippen molar-refractivity contribution in [3.63, 3.8) is 0 Å². The third-order valence-electron chi connectivity index (χ3n) is 2.81. The zero-order valence-electron chi connectivity index (χ0n) is 11.2. The number of nitro benzene ring substituents is 1. The van der Waals surface area contributed by atoms with Gasteiger partial charge in [0.05, 0.1) is 10.5 Å². The van der Waals surface area contributed by atoms with Crippen molar-refractivity contribution in [2.75, 3.05) is 13.7 Å². The lowest BCUT2D eigenvalue weighted by Gasteiger charge is -2.15. The van der Waals surface area contributed by atoms with Gasteiger partial charge in [0, 0.05) is 30.2 Å². The molecule has 20 heavy (non-hydrogen) atoms. The van der Waals surface area contributed by atoms with Crippen molar-refractivity contribution >= 4 is 17.0 Å². The molecule has 0 bridgehead atoms. The Morgan fingerprint density at radius 3 is 2.75 bits per heavy atom. The first kappa shape index (κ1) is 14.6.